The SMILES string of the molecule is Cc1ccc(C(=O)c2cccc(OC(F)(F)F)c2)c(C)c1. The van der Waals surface area contributed by atoms with Crippen molar-refractivity contribution in [2.45, 2.75) is 20.2 Å². The van der Waals surface area contributed by atoms with E-state index in [4.69, 9.17) is 0 Å². The molecule has 0 saturated heterocycles. The average molecular weight is 294 g/mol. The Kier molecular flexibility index (Phi) is 4.02. The number of ether oxygens (including phenoxy) is 1. The first-order valence-corrected chi connectivity index (χ1v) is 6.24. The van der Waals surface area contributed by atoms with Crippen molar-refractivity contribution in [1.82, 2.24) is 0 Å². The number of halogens is 3. The minimum Gasteiger partial charge on any atom is -0.406 e. The highest BCUT2D eigenvalue weighted by Gasteiger charge is 2.31. The third kappa shape index (κ3) is 3.84. The Morgan fingerprint density at radius 1 is 1.05 bits per heavy atom. The summed E-state index contributed by atoms with van der Waals surface area (Å²) >= 11 is 0. The van der Waals surface area contributed by atoms with Crippen molar-refractivity contribution in [3.05, 3.63) is 64.7 Å². The molecule has 0 aliphatic rings. The van der Waals surface area contributed by atoms with Crippen LogP contribution in [0.4, 0.5) is 13.2 Å². The van der Waals surface area contributed by atoms with Crippen molar-refractivity contribution in [2.24, 2.45) is 0 Å². The van der Waals surface area contributed by atoms with Crippen LogP contribution in [0.3, 0.4) is 0 Å². The van der Waals surface area contributed by atoms with Gasteiger partial charge in [0, 0.05) is 11.1 Å². The lowest BCUT2D eigenvalue weighted by atomic mass is 9.97. The molecular weight excluding hydrogens is 281 g/mol. The van der Waals surface area contributed by atoms with Crippen molar-refractivity contribution in [1.29, 1.82) is 0 Å². The molecule has 2 aromatic rings. The Bertz CT molecular complexity index is 675. The van der Waals surface area contributed by atoms with E-state index in [1.165, 1.54) is 12.1 Å². The fourth-order valence-electron chi connectivity index (χ4n) is 2.06. The van der Waals surface area contributed by atoms with Gasteiger partial charge in [0.2, 0.25) is 0 Å². The second-order valence-corrected chi connectivity index (χ2v) is 4.72. The topological polar surface area (TPSA) is 26.3 Å². The van der Waals surface area contributed by atoms with E-state index in [0.717, 1.165) is 23.3 Å². The summed E-state index contributed by atoms with van der Waals surface area (Å²) in [7, 11) is 0. The molecule has 0 saturated carbocycles. The van der Waals surface area contributed by atoms with Gasteiger partial charge in [0.15, 0.2) is 5.78 Å². The zero-order chi connectivity index (χ0) is 15.6. The minimum atomic E-state index is -4.78. The quantitative estimate of drug-likeness (QED) is 0.783. The van der Waals surface area contributed by atoms with Gasteiger partial charge in [-0.3, -0.25) is 4.79 Å². The van der Waals surface area contributed by atoms with Gasteiger partial charge >= 0.3 is 6.36 Å². The third-order valence-corrected chi connectivity index (χ3v) is 2.96. The van der Waals surface area contributed by atoms with Crippen molar-refractivity contribution in [2.75, 3.05) is 0 Å². The van der Waals surface area contributed by atoms with Gasteiger partial charge in [-0.25, -0.2) is 0 Å². The first-order chi connectivity index (χ1) is 9.76. The Labute approximate surface area is 120 Å². The number of aryl methyl sites for hydroxylation is 2. The molecule has 0 unspecified atom stereocenters. The summed E-state index contributed by atoms with van der Waals surface area (Å²) in [6.07, 6.45) is -4.78. The number of ketones is 1. The summed E-state index contributed by atoms with van der Waals surface area (Å²) < 4.78 is 40.4. The van der Waals surface area contributed by atoms with Crippen molar-refractivity contribution >= 4 is 5.78 Å². The lowest BCUT2D eigenvalue weighted by Crippen LogP contribution is -2.17. The molecule has 5 heteroatoms. The summed E-state index contributed by atoms with van der Waals surface area (Å²) in [5.41, 5.74) is 2.41. The number of hydrogen-bond acceptors (Lipinski definition) is 2. The molecule has 0 radical (unpaired) electrons. The van der Waals surface area contributed by atoms with E-state index in [9.17, 15) is 18.0 Å². The van der Waals surface area contributed by atoms with E-state index >= 15 is 0 Å². The molecule has 21 heavy (non-hydrogen) atoms. The maximum absolute atomic E-state index is 12.4. The lowest BCUT2D eigenvalue weighted by molar-refractivity contribution is -0.274. The van der Waals surface area contributed by atoms with Gasteiger partial charge in [-0.15, -0.1) is 13.2 Å². The van der Waals surface area contributed by atoms with Crippen LogP contribution >= 0.6 is 0 Å². The number of rotatable bonds is 3. The molecular formula is C16H13F3O2. The van der Waals surface area contributed by atoms with Gasteiger partial charge in [-0.2, -0.15) is 0 Å². The zero-order valence-electron chi connectivity index (χ0n) is 11.5. The summed E-state index contributed by atoms with van der Waals surface area (Å²) in [4.78, 5) is 12.4. The minimum absolute atomic E-state index is 0.156. The number of carbonyl (C=O) groups is 1. The van der Waals surface area contributed by atoms with Crippen LogP contribution in [0.5, 0.6) is 5.75 Å². The predicted octanol–water partition coefficient (Wildman–Crippen LogP) is 4.43. The second kappa shape index (κ2) is 5.60. The summed E-state index contributed by atoms with van der Waals surface area (Å²) in [5, 5.41) is 0. The lowest BCUT2D eigenvalue weighted by Gasteiger charge is -2.10. The molecule has 0 aliphatic heterocycles. The highest BCUT2D eigenvalue weighted by molar-refractivity contribution is 6.10. The molecule has 0 atom stereocenters. The van der Waals surface area contributed by atoms with Crippen LogP contribution in [0.2, 0.25) is 0 Å². The molecule has 0 fully saturated rings. The zero-order valence-corrected chi connectivity index (χ0v) is 11.5. The fraction of sp³-hybridized carbons (Fsp3) is 0.188. The van der Waals surface area contributed by atoms with Crippen LogP contribution in [-0.4, -0.2) is 12.1 Å². The van der Waals surface area contributed by atoms with Gasteiger partial charge in [0.25, 0.3) is 0 Å². The summed E-state index contributed by atoms with van der Waals surface area (Å²) in [6, 6.07) is 10.4. The largest absolute Gasteiger partial charge is 0.573 e. The van der Waals surface area contributed by atoms with E-state index in [2.05, 4.69) is 4.74 Å². The molecule has 2 nitrogen and oxygen atoms in total. The molecule has 0 bridgehead atoms. The monoisotopic (exact) mass is 294 g/mol. The van der Waals surface area contributed by atoms with Crippen LogP contribution in [0, 0.1) is 13.8 Å². The molecule has 0 amide bonds. The molecule has 0 aliphatic carbocycles. The van der Waals surface area contributed by atoms with Crippen LogP contribution in [-0.2, 0) is 0 Å². The van der Waals surface area contributed by atoms with Gasteiger partial charge in [0.1, 0.15) is 5.75 Å². The number of benzene rings is 2. The molecule has 2 aromatic carbocycles. The highest BCUT2D eigenvalue weighted by atomic mass is 19.4. The van der Waals surface area contributed by atoms with Crippen molar-refractivity contribution in [3.8, 4) is 5.75 Å². The van der Waals surface area contributed by atoms with E-state index in [0.29, 0.717) is 5.56 Å². The normalized spacial score (nSPS) is 11.3. The fourth-order valence-corrected chi connectivity index (χ4v) is 2.06. The van der Waals surface area contributed by atoms with Crippen LogP contribution in [0.15, 0.2) is 42.5 Å². The van der Waals surface area contributed by atoms with Gasteiger partial charge in [-0.1, -0.05) is 35.9 Å². The van der Waals surface area contributed by atoms with E-state index in [-0.39, 0.29) is 11.3 Å². The Hall–Kier alpha value is -2.30. The number of alkyl halides is 3. The van der Waals surface area contributed by atoms with Crippen LogP contribution in [0.25, 0.3) is 0 Å². The van der Waals surface area contributed by atoms with Crippen LogP contribution < -0.4 is 4.74 Å². The molecule has 0 spiro atoms. The van der Waals surface area contributed by atoms with Crippen molar-refractivity contribution in [3.63, 3.8) is 0 Å². The third-order valence-electron chi connectivity index (χ3n) is 2.96. The smallest absolute Gasteiger partial charge is 0.406 e. The first kappa shape index (κ1) is 15.1. The number of carbonyl (C=O) groups excluding carboxylic acids is 1. The average Bonchev–Trinajstić information content (AvgIpc) is 2.36. The predicted molar refractivity (Wildman–Crippen MR) is 72.5 cm³/mol. The molecule has 110 valence electrons. The summed E-state index contributed by atoms with van der Waals surface area (Å²) in [6.45, 7) is 3.69. The Morgan fingerprint density at radius 2 is 1.76 bits per heavy atom. The maximum atomic E-state index is 12.4. The first-order valence-electron chi connectivity index (χ1n) is 6.24. The standard InChI is InChI=1S/C16H13F3O2/c1-10-6-7-14(11(2)8-10)15(20)12-4-3-5-13(9-12)21-16(17,18)19/h3-9H,1-2H3. The van der Waals surface area contributed by atoms with Gasteiger partial charge in [-0.05, 0) is 31.5 Å². The summed E-state index contributed by atoms with van der Waals surface area (Å²) in [5.74, 6) is -0.738. The Balaban J connectivity index is 2.33. The maximum Gasteiger partial charge on any atom is 0.573 e. The molecule has 2 rings (SSSR count). The Morgan fingerprint density at radius 3 is 2.38 bits per heavy atom. The number of hydrogen-bond donors (Lipinski definition) is 0. The van der Waals surface area contributed by atoms with Crippen molar-refractivity contribution < 1.29 is 22.7 Å². The second-order valence-electron chi connectivity index (χ2n) is 4.72. The van der Waals surface area contributed by atoms with Gasteiger partial charge in [0.05, 0.1) is 0 Å². The van der Waals surface area contributed by atoms with Gasteiger partial charge < -0.3 is 4.74 Å². The van der Waals surface area contributed by atoms with E-state index in [1.807, 2.05) is 13.0 Å². The van der Waals surface area contributed by atoms with E-state index in [1.54, 1.807) is 19.1 Å². The van der Waals surface area contributed by atoms with Crippen LogP contribution in [0.1, 0.15) is 27.0 Å². The molecule has 0 heterocycles. The highest BCUT2D eigenvalue weighted by Crippen LogP contribution is 2.25. The molecule has 0 N–H and O–H groups in total. The molecule has 0 aromatic heterocycles. The van der Waals surface area contributed by atoms with E-state index < -0.39 is 12.1 Å².